The number of carbonyl (C=O) groups excluding carboxylic acids is 1. The molecule has 0 N–H and O–H groups in total. The van der Waals surface area contributed by atoms with Gasteiger partial charge in [-0.05, 0) is 48.1 Å². The zero-order valence-corrected chi connectivity index (χ0v) is 17.5. The van der Waals surface area contributed by atoms with Gasteiger partial charge in [-0.1, -0.05) is 18.2 Å². The van der Waals surface area contributed by atoms with Crippen LogP contribution in [-0.2, 0) is 16.1 Å². The van der Waals surface area contributed by atoms with Gasteiger partial charge in [0.2, 0.25) is 0 Å². The van der Waals surface area contributed by atoms with Crippen molar-refractivity contribution < 1.29 is 14.3 Å². The van der Waals surface area contributed by atoms with Crippen LogP contribution in [0.15, 0.2) is 48.8 Å². The third-order valence-corrected chi connectivity index (χ3v) is 6.66. The third kappa shape index (κ3) is 3.70. The lowest BCUT2D eigenvalue weighted by Gasteiger charge is -2.42. The number of ether oxygens (including phenoxy) is 2. The van der Waals surface area contributed by atoms with Gasteiger partial charge in [-0.15, -0.1) is 0 Å². The Bertz CT molecular complexity index is 884. The highest BCUT2D eigenvalue weighted by Gasteiger charge is 2.57. The van der Waals surface area contributed by atoms with Crippen molar-refractivity contribution in [2.24, 2.45) is 5.92 Å². The van der Waals surface area contributed by atoms with Crippen molar-refractivity contribution in [2.75, 3.05) is 39.9 Å². The van der Waals surface area contributed by atoms with E-state index >= 15 is 0 Å². The smallest absolute Gasteiger partial charge is 0.257 e. The number of amides is 1. The predicted molar refractivity (Wildman–Crippen MR) is 113 cm³/mol. The molecule has 3 aliphatic rings. The molecule has 1 aliphatic carbocycles. The molecule has 0 radical (unpaired) electrons. The average Bonchev–Trinajstić information content (AvgIpc) is 3.52. The summed E-state index contributed by atoms with van der Waals surface area (Å²) in [5, 5.41) is 0. The molecule has 2 saturated heterocycles. The van der Waals surface area contributed by atoms with Crippen molar-refractivity contribution in [3.05, 3.63) is 59.9 Å². The van der Waals surface area contributed by atoms with Crippen molar-refractivity contribution in [3.8, 4) is 5.75 Å². The van der Waals surface area contributed by atoms with Crippen LogP contribution in [0.5, 0.6) is 5.75 Å². The molecule has 158 valence electrons. The van der Waals surface area contributed by atoms with E-state index in [1.165, 1.54) is 12.8 Å². The topological polar surface area (TPSA) is 54.9 Å². The Labute approximate surface area is 177 Å². The van der Waals surface area contributed by atoms with E-state index in [0.717, 1.165) is 35.9 Å². The number of methoxy groups -OCH3 is 1. The molecular formula is C24H29N3O3. The monoisotopic (exact) mass is 407 g/mol. The number of benzene rings is 1. The molecule has 6 nitrogen and oxygen atoms in total. The summed E-state index contributed by atoms with van der Waals surface area (Å²) in [4.78, 5) is 22.6. The van der Waals surface area contributed by atoms with Crippen LogP contribution >= 0.6 is 0 Å². The quantitative estimate of drug-likeness (QED) is 0.737. The fourth-order valence-electron chi connectivity index (χ4n) is 4.91. The van der Waals surface area contributed by atoms with Crippen molar-refractivity contribution in [3.63, 3.8) is 0 Å². The minimum atomic E-state index is -0.817. The van der Waals surface area contributed by atoms with Crippen LogP contribution in [0.4, 0.5) is 0 Å². The van der Waals surface area contributed by atoms with E-state index in [-0.39, 0.29) is 11.8 Å². The second-order valence-corrected chi connectivity index (χ2v) is 8.79. The molecule has 1 aromatic carbocycles. The van der Waals surface area contributed by atoms with E-state index in [1.54, 1.807) is 13.3 Å². The van der Waals surface area contributed by atoms with E-state index in [9.17, 15) is 4.79 Å². The standard InChI is InChI=1S/C24H29N3O3/c1-29-21-8-6-19(7-9-21)15-27-11-12-30-24(23(27)28)17-26(14-18-4-5-18)16-22(24)20-3-2-10-25-13-20/h2-3,6-10,13,18,22H,4-5,11-12,14-17H2,1H3. The lowest BCUT2D eigenvalue weighted by molar-refractivity contribution is -0.173. The molecule has 2 aromatic rings. The first-order valence-corrected chi connectivity index (χ1v) is 10.9. The summed E-state index contributed by atoms with van der Waals surface area (Å²) in [6, 6.07) is 12.0. The van der Waals surface area contributed by atoms with Gasteiger partial charge in [0, 0.05) is 51.0 Å². The van der Waals surface area contributed by atoms with Crippen LogP contribution in [0.1, 0.15) is 29.9 Å². The van der Waals surface area contributed by atoms with Crippen LogP contribution < -0.4 is 4.74 Å². The van der Waals surface area contributed by atoms with Crippen molar-refractivity contribution in [2.45, 2.75) is 30.9 Å². The van der Waals surface area contributed by atoms with Gasteiger partial charge >= 0.3 is 0 Å². The van der Waals surface area contributed by atoms with E-state index in [0.29, 0.717) is 26.2 Å². The van der Waals surface area contributed by atoms with Gasteiger partial charge in [0.1, 0.15) is 5.75 Å². The molecule has 3 heterocycles. The Morgan fingerprint density at radius 3 is 2.77 bits per heavy atom. The highest BCUT2D eigenvalue weighted by atomic mass is 16.5. The fourth-order valence-corrected chi connectivity index (χ4v) is 4.91. The van der Waals surface area contributed by atoms with E-state index in [1.807, 2.05) is 41.4 Å². The number of pyridine rings is 1. The highest BCUT2D eigenvalue weighted by Crippen LogP contribution is 2.43. The Balaban J connectivity index is 1.40. The first kappa shape index (κ1) is 19.5. The molecular weight excluding hydrogens is 378 g/mol. The van der Waals surface area contributed by atoms with E-state index < -0.39 is 5.60 Å². The van der Waals surface area contributed by atoms with Gasteiger partial charge in [-0.2, -0.15) is 0 Å². The summed E-state index contributed by atoms with van der Waals surface area (Å²) in [7, 11) is 1.66. The second-order valence-electron chi connectivity index (χ2n) is 8.79. The number of hydrogen-bond acceptors (Lipinski definition) is 5. The van der Waals surface area contributed by atoms with Crippen LogP contribution in [0, 0.1) is 5.92 Å². The maximum absolute atomic E-state index is 13.8. The van der Waals surface area contributed by atoms with Crippen LogP contribution in [0.25, 0.3) is 0 Å². The molecule has 2 aliphatic heterocycles. The Kier molecular flexibility index (Phi) is 5.21. The summed E-state index contributed by atoms with van der Waals surface area (Å²) in [5.41, 5.74) is 1.38. The molecule has 30 heavy (non-hydrogen) atoms. The van der Waals surface area contributed by atoms with E-state index in [4.69, 9.17) is 9.47 Å². The van der Waals surface area contributed by atoms with Gasteiger partial charge in [0.05, 0.1) is 13.7 Å². The third-order valence-electron chi connectivity index (χ3n) is 6.66. The van der Waals surface area contributed by atoms with Crippen LogP contribution in [0.3, 0.4) is 0 Å². The van der Waals surface area contributed by atoms with Crippen LogP contribution in [-0.4, -0.2) is 66.2 Å². The minimum Gasteiger partial charge on any atom is -0.497 e. The molecule has 2 unspecified atom stereocenters. The first-order valence-electron chi connectivity index (χ1n) is 10.9. The van der Waals surface area contributed by atoms with Gasteiger partial charge in [-0.25, -0.2) is 0 Å². The Hall–Kier alpha value is -2.44. The lowest BCUT2D eigenvalue weighted by atomic mass is 9.83. The summed E-state index contributed by atoms with van der Waals surface area (Å²) in [6.07, 6.45) is 6.29. The number of morpholine rings is 1. The molecule has 0 bridgehead atoms. The fraction of sp³-hybridized carbons (Fsp3) is 0.500. The van der Waals surface area contributed by atoms with Crippen molar-refractivity contribution in [1.82, 2.24) is 14.8 Å². The van der Waals surface area contributed by atoms with Crippen molar-refractivity contribution in [1.29, 1.82) is 0 Å². The number of likely N-dealkylation sites (tertiary alicyclic amines) is 1. The van der Waals surface area contributed by atoms with Gasteiger partial charge < -0.3 is 14.4 Å². The Morgan fingerprint density at radius 2 is 2.07 bits per heavy atom. The number of nitrogens with zero attached hydrogens (tertiary/aromatic N) is 3. The first-order chi connectivity index (χ1) is 14.7. The average molecular weight is 408 g/mol. The summed E-state index contributed by atoms with van der Waals surface area (Å²) >= 11 is 0. The highest BCUT2D eigenvalue weighted by molar-refractivity contribution is 5.88. The zero-order chi connectivity index (χ0) is 20.6. The number of aromatic nitrogens is 1. The predicted octanol–water partition coefficient (Wildman–Crippen LogP) is 2.70. The summed E-state index contributed by atoms with van der Waals surface area (Å²) in [6.45, 7) is 4.36. The lowest BCUT2D eigenvalue weighted by Crippen LogP contribution is -2.60. The maximum atomic E-state index is 13.8. The summed E-state index contributed by atoms with van der Waals surface area (Å²) < 4.78 is 11.6. The van der Waals surface area contributed by atoms with E-state index in [2.05, 4.69) is 16.0 Å². The largest absolute Gasteiger partial charge is 0.497 e. The molecule has 2 atom stereocenters. The minimum absolute atomic E-state index is 0.0103. The van der Waals surface area contributed by atoms with Gasteiger partial charge in [0.15, 0.2) is 5.60 Å². The molecule has 5 rings (SSSR count). The van der Waals surface area contributed by atoms with Gasteiger partial charge in [0.25, 0.3) is 5.91 Å². The number of rotatable bonds is 6. The second kappa shape index (κ2) is 8.00. The molecule has 3 fully saturated rings. The summed E-state index contributed by atoms with van der Waals surface area (Å²) in [5.74, 6) is 1.73. The molecule has 1 saturated carbocycles. The number of hydrogen-bond donors (Lipinski definition) is 0. The molecule has 6 heteroatoms. The molecule has 1 aromatic heterocycles. The SMILES string of the molecule is COc1ccc(CN2CCOC3(CN(CC4CC4)CC3c3cccnc3)C2=O)cc1. The zero-order valence-electron chi connectivity index (χ0n) is 17.5. The normalized spacial score (nSPS) is 27.0. The van der Waals surface area contributed by atoms with Crippen LogP contribution in [0.2, 0.25) is 0 Å². The molecule has 1 spiro atoms. The van der Waals surface area contributed by atoms with Crippen molar-refractivity contribution >= 4 is 5.91 Å². The molecule has 1 amide bonds. The van der Waals surface area contributed by atoms with Gasteiger partial charge in [-0.3, -0.25) is 14.7 Å². The Morgan fingerprint density at radius 1 is 1.23 bits per heavy atom. The number of carbonyl (C=O) groups is 1. The maximum Gasteiger partial charge on any atom is 0.257 e.